The lowest BCUT2D eigenvalue weighted by Crippen LogP contribution is -3.41. The predicted molar refractivity (Wildman–Crippen MR) is 90.4 cm³/mol. The van der Waals surface area contributed by atoms with E-state index in [1.54, 1.807) is 6.07 Å². The van der Waals surface area contributed by atoms with E-state index in [0.29, 0.717) is 11.5 Å². The van der Waals surface area contributed by atoms with Crippen molar-refractivity contribution in [3.8, 4) is 5.75 Å². The quantitative estimate of drug-likeness (QED) is 0.707. The number of ketones is 1. The first kappa shape index (κ1) is 15.6. The highest BCUT2D eigenvalue weighted by molar-refractivity contribution is 9.10. The molecule has 4 nitrogen and oxygen atoms in total. The number of phenolic OH excluding ortho intramolecular Hbond substituents is 1. The van der Waals surface area contributed by atoms with Crippen LogP contribution in [-0.4, -0.2) is 37.1 Å². The van der Waals surface area contributed by atoms with Gasteiger partial charge in [-0.2, -0.15) is 0 Å². The second-order valence-corrected chi connectivity index (χ2v) is 9.00. The van der Waals surface area contributed by atoms with Crippen LogP contribution in [0.15, 0.2) is 22.7 Å². The first-order valence-corrected chi connectivity index (χ1v) is 9.40. The molecular weight excluding hydrogens is 356 g/mol. The molecular formula is C18H25BrN2O2+2. The van der Waals surface area contributed by atoms with Crippen LogP contribution in [0.2, 0.25) is 0 Å². The van der Waals surface area contributed by atoms with E-state index in [1.165, 1.54) is 9.80 Å². The molecule has 4 heterocycles. The number of halogens is 1. The molecule has 0 aromatic heterocycles. The van der Waals surface area contributed by atoms with Crippen LogP contribution in [0.1, 0.15) is 38.4 Å². The highest BCUT2D eigenvalue weighted by atomic mass is 79.9. The minimum Gasteiger partial charge on any atom is -0.507 e. The summed E-state index contributed by atoms with van der Waals surface area (Å²) in [6.45, 7) is 8.00. The summed E-state index contributed by atoms with van der Waals surface area (Å²) < 4.78 is 1.01. The number of Topliss-reactive ketones (excluding diaryl/α,β-unsaturated/α-hetero) is 1. The third-order valence-corrected chi connectivity index (χ3v) is 6.73. The zero-order chi connectivity index (χ0) is 16.4. The lowest BCUT2D eigenvalue weighted by molar-refractivity contribution is -1.18. The number of hydrogen-bond acceptors (Lipinski definition) is 2. The average molecular weight is 381 g/mol. The second kappa shape index (κ2) is 5.04. The normalized spacial score (nSPS) is 41.5. The number of carbonyl (C=O) groups is 1. The molecule has 0 spiro atoms. The maximum atomic E-state index is 13.1. The zero-order valence-electron chi connectivity index (χ0n) is 13.8. The van der Waals surface area contributed by atoms with Gasteiger partial charge in [0.1, 0.15) is 48.3 Å². The Bertz CT molecular complexity index is 659. The van der Waals surface area contributed by atoms with Crippen molar-refractivity contribution >= 4 is 21.7 Å². The summed E-state index contributed by atoms with van der Waals surface area (Å²) in [7, 11) is 0. The number of nitrogens with one attached hydrogen (secondary N) is 2. The van der Waals surface area contributed by atoms with Crippen LogP contribution < -0.4 is 9.80 Å². The van der Waals surface area contributed by atoms with Crippen LogP contribution in [0.4, 0.5) is 0 Å². The predicted octanol–water partition coefficient (Wildman–Crippen LogP) is 0.326. The molecule has 0 radical (unpaired) electrons. The molecule has 4 saturated heterocycles. The number of benzene rings is 1. The smallest absolute Gasteiger partial charge is 0.244 e. The van der Waals surface area contributed by atoms with Gasteiger partial charge in [-0.15, -0.1) is 0 Å². The first-order valence-electron chi connectivity index (χ1n) is 8.61. The monoisotopic (exact) mass is 380 g/mol. The Morgan fingerprint density at radius 3 is 2.52 bits per heavy atom. The third-order valence-electron chi connectivity index (χ3n) is 6.24. The van der Waals surface area contributed by atoms with Crippen LogP contribution in [0, 0.1) is 10.8 Å². The van der Waals surface area contributed by atoms with Crippen LogP contribution in [0.3, 0.4) is 0 Å². The summed E-state index contributed by atoms with van der Waals surface area (Å²) in [5.41, 5.74) is 0.697. The van der Waals surface area contributed by atoms with Crippen molar-refractivity contribution in [1.82, 2.24) is 0 Å². The molecule has 0 amide bonds. The van der Waals surface area contributed by atoms with Gasteiger partial charge in [0.2, 0.25) is 6.17 Å². The lowest BCUT2D eigenvalue weighted by Gasteiger charge is -2.59. The topological polar surface area (TPSA) is 46.2 Å². The number of rotatable bonds is 3. The van der Waals surface area contributed by atoms with E-state index in [1.807, 2.05) is 6.07 Å². The van der Waals surface area contributed by atoms with Gasteiger partial charge >= 0.3 is 0 Å². The highest BCUT2D eigenvalue weighted by Crippen LogP contribution is 2.40. The summed E-state index contributed by atoms with van der Waals surface area (Å²) in [6, 6.07) is 5.72. The van der Waals surface area contributed by atoms with E-state index in [2.05, 4.69) is 35.8 Å². The largest absolute Gasteiger partial charge is 0.507 e. The number of carbonyl (C=O) groups excluding carboxylic acids is 1. The Labute approximate surface area is 145 Å². The zero-order valence-corrected chi connectivity index (χ0v) is 15.4. The standard InChI is InChI=1S/C18H23BrN2O2/c1-3-6-18-10-20-8-17(2,16(18)23)9-21(11-18)15(20)13-7-12(19)4-5-14(13)22/h4-5,7,15,22H,3,6,8-11H2,1-2H3/p+2. The fraction of sp³-hybridized carbons (Fsp3) is 0.611. The Kier molecular flexibility index (Phi) is 3.42. The van der Waals surface area contributed by atoms with Crippen molar-refractivity contribution in [3.05, 3.63) is 28.2 Å². The first-order chi connectivity index (χ1) is 10.9. The Hall–Kier alpha value is -0.910. The fourth-order valence-electron chi connectivity index (χ4n) is 5.75. The van der Waals surface area contributed by atoms with Crippen LogP contribution in [-0.2, 0) is 4.79 Å². The molecule has 5 heteroatoms. The minimum atomic E-state index is -0.186. The number of quaternary nitrogens is 2. The van der Waals surface area contributed by atoms with Gasteiger partial charge in [0, 0.05) is 4.47 Å². The average Bonchev–Trinajstić information content (AvgIpc) is 2.47. The number of phenols is 1. The van der Waals surface area contributed by atoms with Gasteiger partial charge < -0.3 is 5.11 Å². The summed E-state index contributed by atoms with van der Waals surface area (Å²) in [6.07, 6.45) is 2.32. The molecule has 2 unspecified atom stereocenters. The van der Waals surface area contributed by atoms with Crippen LogP contribution in [0.5, 0.6) is 5.75 Å². The minimum absolute atomic E-state index is 0.136. The Balaban J connectivity index is 1.76. The molecule has 3 N–H and O–H groups in total. The molecule has 0 saturated carbocycles. The summed E-state index contributed by atoms with van der Waals surface area (Å²) in [5.74, 6) is 0.892. The van der Waals surface area contributed by atoms with Gasteiger partial charge in [0.15, 0.2) is 5.78 Å². The van der Waals surface area contributed by atoms with E-state index >= 15 is 0 Å². The van der Waals surface area contributed by atoms with E-state index in [4.69, 9.17) is 0 Å². The van der Waals surface area contributed by atoms with Crippen molar-refractivity contribution < 1.29 is 19.7 Å². The van der Waals surface area contributed by atoms with Crippen molar-refractivity contribution in [3.63, 3.8) is 0 Å². The molecule has 4 fully saturated rings. The number of aromatic hydroxyl groups is 1. The molecule has 23 heavy (non-hydrogen) atoms. The molecule has 5 rings (SSSR count). The molecule has 124 valence electrons. The molecule has 4 aliphatic rings. The lowest BCUT2D eigenvalue weighted by atomic mass is 9.59. The number of piperidine rings is 2. The van der Waals surface area contributed by atoms with Gasteiger partial charge in [0.05, 0.1) is 0 Å². The maximum absolute atomic E-state index is 13.1. The Morgan fingerprint density at radius 2 is 1.91 bits per heavy atom. The highest BCUT2D eigenvalue weighted by Gasteiger charge is 2.69. The van der Waals surface area contributed by atoms with E-state index < -0.39 is 0 Å². The van der Waals surface area contributed by atoms with Crippen molar-refractivity contribution in [2.45, 2.75) is 32.9 Å². The second-order valence-electron chi connectivity index (χ2n) is 8.08. The molecule has 1 aromatic rings. The SMILES string of the molecule is CCCC12C[NH+]3CC(C)(C[NH+](C1)C3c1cc(Br)ccc1O)C2=O. The van der Waals surface area contributed by atoms with Gasteiger partial charge in [-0.05, 0) is 31.5 Å². The van der Waals surface area contributed by atoms with E-state index in [-0.39, 0.29) is 17.0 Å². The van der Waals surface area contributed by atoms with E-state index in [0.717, 1.165) is 49.1 Å². The van der Waals surface area contributed by atoms with Gasteiger partial charge in [-0.3, -0.25) is 14.6 Å². The van der Waals surface area contributed by atoms with Gasteiger partial charge in [-0.25, -0.2) is 0 Å². The molecule has 1 aromatic carbocycles. The van der Waals surface area contributed by atoms with Crippen molar-refractivity contribution in [2.24, 2.45) is 10.8 Å². The summed E-state index contributed by atoms with van der Waals surface area (Å²) >= 11 is 3.54. The molecule has 4 bridgehead atoms. The van der Waals surface area contributed by atoms with Gasteiger partial charge in [-0.1, -0.05) is 29.3 Å². The van der Waals surface area contributed by atoms with Crippen molar-refractivity contribution in [1.29, 1.82) is 0 Å². The summed E-state index contributed by atoms with van der Waals surface area (Å²) in [4.78, 5) is 16.0. The maximum Gasteiger partial charge on any atom is 0.244 e. The van der Waals surface area contributed by atoms with Crippen LogP contribution in [0.25, 0.3) is 0 Å². The van der Waals surface area contributed by atoms with E-state index in [9.17, 15) is 9.90 Å². The molecule has 4 aliphatic heterocycles. The van der Waals surface area contributed by atoms with Crippen molar-refractivity contribution in [2.75, 3.05) is 26.2 Å². The molecule has 0 aliphatic carbocycles. The fourth-order valence-corrected chi connectivity index (χ4v) is 6.12. The van der Waals surface area contributed by atoms with Crippen LogP contribution >= 0.6 is 15.9 Å². The molecule has 2 atom stereocenters. The van der Waals surface area contributed by atoms with Gasteiger partial charge in [0.25, 0.3) is 0 Å². The number of hydrogen-bond donors (Lipinski definition) is 3. The Morgan fingerprint density at radius 1 is 1.26 bits per heavy atom. The third kappa shape index (κ3) is 2.13. The summed E-state index contributed by atoms with van der Waals surface area (Å²) in [5, 5.41) is 10.4.